The van der Waals surface area contributed by atoms with E-state index in [1.165, 1.54) is 55.7 Å². The van der Waals surface area contributed by atoms with Gasteiger partial charge in [0.1, 0.15) is 0 Å². The Bertz CT molecular complexity index is 1130. The minimum atomic E-state index is -1.08. The first kappa shape index (κ1) is 28.2. The molecule has 0 heterocycles. The van der Waals surface area contributed by atoms with Crippen molar-refractivity contribution in [3.63, 3.8) is 0 Å². The van der Waals surface area contributed by atoms with Crippen LogP contribution in [0.2, 0.25) is 0 Å². The number of alkyl halides is 2. The van der Waals surface area contributed by atoms with E-state index in [9.17, 15) is 0 Å². The first-order valence-corrected chi connectivity index (χ1v) is 14.2. The predicted molar refractivity (Wildman–Crippen MR) is 150 cm³/mol. The van der Waals surface area contributed by atoms with Crippen molar-refractivity contribution < 1.29 is 26.2 Å². The fourth-order valence-electron chi connectivity index (χ4n) is 5.53. The van der Waals surface area contributed by atoms with Crippen LogP contribution in [0.15, 0.2) is 47.5 Å². The van der Waals surface area contributed by atoms with E-state index >= 15 is 0 Å². The maximum atomic E-state index is 7.66. The topological polar surface area (TPSA) is 0 Å². The van der Waals surface area contributed by atoms with Gasteiger partial charge in [-0.05, 0) is 94.2 Å². The summed E-state index contributed by atoms with van der Waals surface area (Å²) in [7, 11) is -1.08. The summed E-state index contributed by atoms with van der Waals surface area (Å²) in [6, 6.07) is 13.8. The molecule has 34 heavy (non-hydrogen) atoms. The first-order valence-electron chi connectivity index (χ1n) is 12.1. The van der Waals surface area contributed by atoms with Gasteiger partial charge in [0, 0.05) is 26.2 Å². The van der Waals surface area contributed by atoms with Gasteiger partial charge in [-0.15, -0.1) is 23.2 Å². The number of benzene rings is 2. The molecule has 0 nitrogen and oxygen atoms in total. The molecule has 2 aliphatic carbocycles. The van der Waals surface area contributed by atoms with Crippen LogP contribution in [0.25, 0.3) is 11.1 Å². The molecule has 0 saturated carbocycles. The van der Waals surface area contributed by atoms with E-state index in [1.54, 1.807) is 0 Å². The Hall–Kier alpha value is -0.400. The Morgan fingerprint density at radius 2 is 0.941 bits per heavy atom. The van der Waals surface area contributed by atoms with Crippen molar-refractivity contribution in [2.24, 2.45) is 0 Å². The fourth-order valence-corrected chi connectivity index (χ4v) is 10.3. The van der Waals surface area contributed by atoms with Crippen LogP contribution >= 0.6 is 23.2 Å². The SMILES string of the molecule is CC1=C(C)C(Cl)([SiH2]C2(Cl)C(C)=C(C)c3cc(C(C)(C)C)ccc32)c2ccc(C(C)(C)C)cc21.[Zr]. The second kappa shape index (κ2) is 8.86. The zero-order chi connectivity index (χ0) is 24.7. The summed E-state index contributed by atoms with van der Waals surface area (Å²) in [6.07, 6.45) is 0. The van der Waals surface area contributed by atoms with Crippen molar-refractivity contribution in [2.45, 2.75) is 89.1 Å². The molecule has 0 bridgehead atoms. The molecular weight excluding hydrogens is 551 g/mol. The Morgan fingerprint density at radius 1 is 0.618 bits per heavy atom. The van der Waals surface area contributed by atoms with Crippen molar-refractivity contribution >= 4 is 43.9 Å². The standard InChI is InChI=1S/C30H38Cl2Si.Zr/c1-17-19(3)29(31,25-13-11-21(15-23(17)25)27(5,6)7)33-30(32)20(4)18(2)24-16-22(28(8,9)10)12-14-26(24)30;/h11-16H,33H2,1-10H3;. The van der Waals surface area contributed by atoms with Crippen LogP contribution in [0.4, 0.5) is 0 Å². The zero-order valence-corrected chi connectivity index (χ0v) is 27.8. The minimum absolute atomic E-state index is 0. The maximum absolute atomic E-state index is 7.66. The van der Waals surface area contributed by atoms with Gasteiger partial charge in [-0.3, -0.25) is 0 Å². The van der Waals surface area contributed by atoms with Gasteiger partial charge in [-0.25, -0.2) is 0 Å². The fraction of sp³-hybridized carbons (Fsp3) is 0.467. The van der Waals surface area contributed by atoms with E-state index in [2.05, 4.69) is 106 Å². The van der Waals surface area contributed by atoms with Crippen LogP contribution in [0, 0.1) is 0 Å². The van der Waals surface area contributed by atoms with Crippen LogP contribution in [0.1, 0.15) is 103 Å². The van der Waals surface area contributed by atoms with Gasteiger partial charge in [0.05, 0.1) is 18.5 Å². The molecule has 0 aliphatic heterocycles. The van der Waals surface area contributed by atoms with E-state index < -0.39 is 18.5 Å². The second-order valence-electron chi connectivity index (χ2n) is 12.3. The van der Waals surface area contributed by atoms with Crippen LogP contribution in [0.3, 0.4) is 0 Å². The molecule has 4 heteroatoms. The number of rotatable bonds is 2. The summed E-state index contributed by atoms with van der Waals surface area (Å²) in [5, 5.41) is 0. The smallest absolute Gasteiger partial charge is 0.0923 e. The van der Waals surface area contributed by atoms with E-state index in [1.807, 2.05) is 0 Å². The molecule has 2 aromatic carbocycles. The largest absolute Gasteiger partial charge is 0.114 e. The molecule has 0 saturated heterocycles. The third-order valence-corrected chi connectivity index (χ3v) is 12.8. The van der Waals surface area contributed by atoms with E-state index in [4.69, 9.17) is 23.2 Å². The van der Waals surface area contributed by atoms with Gasteiger partial charge in [0.25, 0.3) is 0 Å². The number of hydrogen-bond donors (Lipinski definition) is 0. The molecule has 2 unspecified atom stereocenters. The van der Waals surface area contributed by atoms with Gasteiger partial charge in [-0.1, -0.05) is 77.9 Å². The van der Waals surface area contributed by atoms with Gasteiger partial charge in [0.2, 0.25) is 0 Å². The maximum Gasteiger partial charge on any atom is 0.0923 e. The number of allylic oxidation sites excluding steroid dienone is 4. The molecule has 0 radical (unpaired) electrons. The normalized spacial score (nSPS) is 24.7. The van der Waals surface area contributed by atoms with Gasteiger partial charge in [-0.2, -0.15) is 0 Å². The molecule has 2 aliphatic rings. The summed E-state index contributed by atoms with van der Waals surface area (Å²) in [6.45, 7) is 22.5. The van der Waals surface area contributed by atoms with E-state index in [0.29, 0.717) is 0 Å². The molecule has 0 aromatic heterocycles. The van der Waals surface area contributed by atoms with E-state index in [0.717, 1.165) is 0 Å². The molecule has 0 spiro atoms. The Kier molecular flexibility index (Phi) is 7.35. The molecule has 180 valence electrons. The summed E-state index contributed by atoms with van der Waals surface area (Å²) in [4.78, 5) is 0. The molecule has 4 rings (SSSR count). The Morgan fingerprint density at radius 3 is 1.24 bits per heavy atom. The van der Waals surface area contributed by atoms with Crippen LogP contribution in [-0.2, 0) is 46.0 Å². The van der Waals surface area contributed by atoms with Crippen LogP contribution < -0.4 is 0 Å². The van der Waals surface area contributed by atoms with Crippen molar-refractivity contribution in [3.8, 4) is 0 Å². The minimum Gasteiger partial charge on any atom is -0.114 e. The van der Waals surface area contributed by atoms with Gasteiger partial charge < -0.3 is 0 Å². The third kappa shape index (κ3) is 4.23. The van der Waals surface area contributed by atoms with Crippen LogP contribution in [0.5, 0.6) is 0 Å². The molecule has 0 N–H and O–H groups in total. The third-order valence-electron chi connectivity index (χ3n) is 8.23. The first-order chi connectivity index (χ1) is 15.0. The summed E-state index contributed by atoms with van der Waals surface area (Å²) < 4.78 is -0.965. The van der Waals surface area contributed by atoms with Crippen LogP contribution in [-0.4, -0.2) is 9.52 Å². The average molecular weight is 589 g/mol. The Labute approximate surface area is 238 Å². The zero-order valence-electron chi connectivity index (χ0n) is 22.4. The predicted octanol–water partition coefficient (Wildman–Crippen LogP) is 8.55. The quantitative estimate of drug-likeness (QED) is 0.244. The molecular formula is C30H38Cl2SiZr. The van der Waals surface area contributed by atoms with Crippen molar-refractivity contribution in [3.05, 3.63) is 80.9 Å². The Balaban J connectivity index is 0.00000324. The van der Waals surface area contributed by atoms with Gasteiger partial charge >= 0.3 is 0 Å². The van der Waals surface area contributed by atoms with Crippen molar-refractivity contribution in [1.29, 1.82) is 0 Å². The molecule has 2 atom stereocenters. The molecule has 2 aromatic rings. The van der Waals surface area contributed by atoms with E-state index in [-0.39, 0.29) is 37.0 Å². The molecule has 0 amide bonds. The summed E-state index contributed by atoms with van der Waals surface area (Å²) >= 11 is 15.3. The molecule has 0 fully saturated rings. The second-order valence-corrected chi connectivity index (χ2v) is 17.0. The van der Waals surface area contributed by atoms with Gasteiger partial charge in [0.15, 0.2) is 0 Å². The van der Waals surface area contributed by atoms with Crippen molar-refractivity contribution in [2.75, 3.05) is 0 Å². The number of hydrogen-bond acceptors (Lipinski definition) is 0. The number of halogens is 2. The monoisotopic (exact) mass is 586 g/mol. The summed E-state index contributed by atoms with van der Waals surface area (Å²) in [5.41, 5.74) is 13.2. The average Bonchev–Trinajstić information content (AvgIpc) is 3.02. The number of fused-ring (bicyclic) bond motifs is 2. The summed E-state index contributed by atoms with van der Waals surface area (Å²) in [5.74, 6) is 0. The van der Waals surface area contributed by atoms with Crippen molar-refractivity contribution in [1.82, 2.24) is 0 Å².